The molecular weight excluding hydrogens is 285 g/mol. The lowest BCUT2D eigenvalue weighted by atomic mass is 10.1. The number of hydrogen-bond donors (Lipinski definition) is 2. The van der Waals surface area contributed by atoms with Gasteiger partial charge in [0.2, 0.25) is 0 Å². The summed E-state index contributed by atoms with van der Waals surface area (Å²) in [6.45, 7) is 3.63. The number of carbonyl (C=O) groups is 1. The van der Waals surface area contributed by atoms with Crippen molar-refractivity contribution in [3.05, 3.63) is 48.0 Å². The third-order valence-corrected chi connectivity index (χ3v) is 2.70. The maximum Gasteiger partial charge on any atom is 0.416 e. The van der Waals surface area contributed by atoms with Gasteiger partial charge in [-0.2, -0.15) is 13.2 Å². The summed E-state index contributed by atoms with van der Waals surface area (Å²) in [5, 5.41) is 11.4. The Bertz CT molecular complexity index is 489. The minimum Gasteiger partial charge on any atom is -0.395 e. The van der Waals surface area contributed by atoms with Gasteiger partial charge in [-0.15, -0.1) is 6.58 Å². The number of benzene rings is 1. The lowest BCUT2D eigenvalue weighted by molar-refractivity contribution is -0.137. The molecule has 4 nitrogen and oxygen atoms in total. The fraction of sp³-hybridized carbons (Fsp3) is 0.357. The zero-order chi connectivity index (χ0) is 15.9. The molecule has 21 heavy (non-hydrogen) atoms. The second-order valence-corrected chi connectivity index (χ2v) is 4.32. The predicted octanol–water partition coefficient (Wildman–Crippen LogP) is 2.40. The molecule has 7 heteroatoms. The first-order valence-electron chi connectivity index (χ1n) is 6.29. The van der Waals surface area contributed by atoms with Crippen molar-refractivity contribution in [1.29, 1.82) is 0 Å². The van der Waals surface area contributed by atoms with Crippen molar-refractivity contribution in [2.45, 2.75) is 12.7 Å². The van der Waals surface area contributed by atoms with Crippen molar-refractivity contribution in [3.8, 4) is 0 Å². The van der Waals surface area contributed by atoms with Gasteiger partial charge in [-0.1, -0.05) is 18.2 Å². The van der Waals surface area contributed by atoms with E-state index >= 15 is 0 Å². The average molecular weight is 302 g/mol. The molecule has 0 heterocycles. The van der Waals surface area contributed by atoms with E-state index < -0.39 is 17.8 Å². The van der Waals surface area contributed by atoms with Gasteiger partial charge < -0.3 is 15.3 Å². The number of halogens is 3. The second kappa shape index (κ2) is 7.68. The molecule has 1 aromatic carbocycles. The van der Waals surface area contributed by atoms with Crippen LogP contribution in [0.5, 0.6) is 0 Å². The van der Waals surface area contributed by atoms with Crippen molar-refractivity contribution >= 4 is 6.03 Å². The molecule has 2 N–H and O–H groups in total. The molecule has 0 bridgehead atoms. The van der Waals surface area contributed by atoms with Crippen LogP contribution >= 0.6 is 0 Å². The fourth-order valence-electron chi connectivity index (χ4n) is 1.70. The summed E-state index contributed by atoms with van der Waals surface area (Å²) < 4.78 is 37.7. The minimum atomic E-state index is -4.41. The summed E-state index contributed by atoms with van der Waals surface area (Å²) in [4.78, 5) is 13.1. The van der Waals surface area contributed by atoms with E-state index in [1.165, 1.54) is 23.1 Å². The van der Waals surface area contributed by atoms with Crippen LogP contribution in [0.3, 0.4) is 0 Å². The summed E-state index contributed by atoms with van der Waals surface area (Å²) in [6.07, 6.45) is -2.91. The predicted molar refractivity (Wildman–Crippen MR) is 72.5 cm³/mol. The van der Waals surface area contributed by atoms with Gasteiger partial charge in [0.25, 0.3) is 0 Å². The zero-order valence-corrected chi connectivity index (χ0v) is 11.4. The molecule has 0 aromatic heterocycles. The number of nitrogens with one attached hydrogen (secondary N) is 1. The molecule has 0 aliphatic carbocycles. The minimum absolute atomic E-state index is 0.0260. The topological polar surface area (TPSA) is 52.6 Å². The molecule has 0 radical (unpaired) electrons. The molecule has 0 saturated heterocycles. The SMILES string of the molecule is C=CCN(CCO)C(=O)NCc1cccc(C(F)(F)F)c1. The molecule has 116 valence electrons. The number of urea groups is 1. The Morgan fingerprint density at radius 2 is 2.14 bits per heavy atom. The summed E-state index contributed by atoms with van der Waals surface area (Å²) in [7, 11) is 0. The van der Waals surface area contributed by atoms with Crippen molar-refractivity contribution in [1.82, 2.24) is 10.2 Å². The summed E-state index contributed by atoms with van der Waals surface area (Å²) in [6, 6.07) is 4.28. The molecule has 0 unspecified atom stereocenters. The van der Waals surface area contributed by atoms with Crippen LogP contribution in [0, 0.1) is 0 Å². The van der Waals surface area contributed by atoms with E-state index in [4.69, 9.17) is 5.11 Å². The zero-order valence-electron chi connectivity index (χ0n) is 11.4. The first-order chi connectivity index (χ1) is 9.88. The third kappa shape index (κ3) is 5.47. The number of carbonyl (C=O) groups excluding carboxylic acids is 1. The maximum absolute atomic E-state index is 12.6. The Labute approximate surface area is 120 Å². The number of nitrogens with zero attached hydrogens (tertiary/aromatic N) is 1. The van der Waals surface area contributed by atoms with Crippen molar-refractivity contribution in [2.24, 2.45) is 0 Å². The Morgan fingerprint density at radius 1 is 1.43 bits per heavy atom. The number of rotatable bonds is 6. The van der Waals surface area contributed by atoms with E-state index in [9.17, 15) is 18.0 Å². The largest absolute Gasteiger partial charge is 0.416 e. The van der Waals surface area contributed by atoms with Crippen LogP contribution in [0.1, 0.15) is 11.1 Å². The highest BCUT2D eigenvalue weighted by Crippen LogP contribution is 2.29. The van der Waals surface area contributed by atoms with E-state index in [0.717, 1.165) is 12.1 Å². The number of alkyl halides is 3. The van der Waals surface area contributed by atoms with Gasteiger partial charge in [0.15, 0.2) is 0 Å². The highest BCUT2D eigenvalue weighted by atomic mass is 19.4. The lowest BCUT2D eigenvalue weighted by Crippen LogP contribution is -2.41. The van der Waals surface area contributed by atoms with E-state index in [1.54, 1.807) is 0 Å². The van der Waals surface area contributed by atoms with E-state index in [-0.39, 0.29) is 26.2 Å². The van der Waals surface area contributed by atoms with Gasteiger partial charge in [0.05, 0.1) is 12.2 Å². The number of aliphatic hydroxyl groups is 1. The molecule has 2 amide bonds. The number of hydrogen-bond acceptors (Lipinski definition) is 2. The van der Waals surface area contributed by atoms with Gasteiger partial charge in [0, 0.05) is 19.6 Å². The van der Waals surface area contributed by atoms with E-state index in [2.05, 4.69) is 11.9 Å². The molecule has 0 fully saturated rings. The molecule has 0 spiro atoms. The Hall–Kier alpha value is -2.02. The first-order valence-corrected chi connectivity index (χ1v) is 6.29. The fourth-order valence-corrected chi connectivity index (χ4v) is 1.70. The Kier molecular flexibility index (Phi) is 6.23. The third-order valence-electron chi connectivity index (χ3n) is 2.70. The monoisotopic (exact) mass is 302 g/mol. The van der Waals surface area contributed by atoms with Crippen molar-refractivity contribution in [3.63, 3.8) is 0 Å². The lowest BCUT2D eigenvalue weighted by Gasteiger charge is -2.20. The van der Waals surface area contributed by atoms with Crippen LogP contribution in [0.25, 0.3) is 0 Å². The van der Waals surface area contributed by atoms with Crippen LogP contribution < -0.4 is 5.32 Å². The molecule has 1 aromatic rings. The van der Waals surface area contributed by atoms with Gasteiger partial charge in [-0.3, -0.25) is 0 Å². The van der Waals surface area contributed by atoms with Crippen LogP contribution in [-0.4, -0.2) is 35.7 Å². The smallest absolute Gasteiger partial charge is 0.395 e. The Balaban J connectivity index is 2.66. The average Bonchev–Trinajstić information content (AvgIpc) is 2.44. The molecule has 0 aliphatic rings. The highest BCUT2D eigenvalue weighted by molar-refractivity contribution is 5.74. The van der Waals surface area contributed by atoms with Crippen LogP contribution in [0.15, 0.2) is 36.9 Å². The van der Waals surface area contributed by atoms with E-state index in [1.807, 2.05) is 0 Å². The molecule has 0 aliphatic heterocycles. The number of aliphatic hydroxyl groups excluding tert-OH is 1. The summed E-state index contributed by atoms with van der Waals surface area (Å²) in [5.41, 5.74) is -0.409. The van der Waals surface area contributed by atoms with Crippen LogP contribution in [-0.2, 0) is 12.7 Å². The molecule has 0 saturated carbocycles. The molecular formula is C14H17F3N2O2. The van der Waals surface area contributed by atoms with Gasteiger partial charge in [-0.25, -0.2) is 4.79 Å². The molecule has 1 rings (SSSR count). The maximum atomic E-state index is 12.6. The van der Waals surface area contributed by atoms with Crippen molar-refractivity contribution < 1.29 is 23.1 Å². The van der Waals surface area contributed by atoms with Gasteiger partial charge in [-0.05, 0) is 17.7 Å². The van der Waals surface area contributed by atoms with Crippen LogP contribution in [0.4, 0.5) is 18.0 Å². The summed E-state index contributed by atoms with van der Waals surface area (Å²) in [5.74, 6) is 0. The number of amides is 2. The summed E-state index contributed by atoms with van der Waals surface area (Å²) >= 11 is 0. The van der Waals surface area contributed by atoms with Gasteiger partial charge >= 0.3 is 12.2 Å². The molecule has 0 atom stereocenters. The van der Waals surface area contributed by atoms with Crippen LogP contribution in [0.2, 0.25) is 0 Å². The quantitative estimate of drug-likeness (QED) is 0.793. The second-order valence-electron chi connectivity index (χ2n) is 4.32. The normalized spacial score (nSPS) is 11.0. The first kappa shape index (κ1) is 17.0. The van der Waals surface area contributed by atoms with Gasteiger partial charge in [0.1, 0.15) is 0 Å². The van der Waals surface area contributed by atoms with Crippen molar-refractivity contribution in [2.75, 3.05) is 19.7 Å². The standard InChI is InChI=1S/C14H17F3N2O2/c1-2-6-19(7-8-20)13(21)18-10-11-4-3-5-12(9-11)14(15,16)17/h2-5,9,20H,1,6-8,10H2,(H,18,21). The Morgan fingerprint density at radius 3 is 2.71 bits per heavy atom. The highest BCUT2D eigenvalue weighted by Gasteiger charge is 2.30. The van der Waals surface area contributed by atoms with E-state index in [0.29, 0.717) is 5.56 Å².